The lowest BCUT2D eigenvalue weighted by Crippen LogP contribution is -1.92. The maximum atomic E-state index is 13.4. The van der Waals surface area contributed by atoms with Crippen LogP contribution in [-0.2, 0) is 0 Å². The van der Waals surface area contributed by atoms with Gasteiger partial charge in [-0.15, -0.1) is 10.2 Å². The molecule has 0 amide bonds. The van der Waals surface area contributed by atoms with Crippen LogP contribution in [0.3, 0.4) is 0 Å². The van der Waals surface area contributed by atoms with Gasteiger partial charge in [0.25, 0.3) is 0 Å². The van der Waals surface area contributed by atoms with Gasteiger partial charge < -0.3 is 4.74 Å². The third-order valence-electron chi connectivity index (χ3n) is 1.80. The summed E-state index contributed by atoms with van der Waals surface area (Å²) in [5.41, 5.74) is 0. The highest BCUT2D eigenvalue weighted by Gasteiger charge is 2.10. The van der Waals surface area contributed by atoms with Gasteiger partial charge in [-0.3, -0.25) is 0 Å². The van der Waals surface area contributed by atoms with Crippen molar-refractivity contribution in [3.05, 3.63) is 44.9 Å². The number of hydrogen-bond donors (Lipinski definition) is 0. The normalized spacial score (nSPS) is 10.4. The molecule has 0 bridgehead atoms. The van der Waals surface area contributed by atoms with Gasteiger partial charge in [-0.1, -0.05) is 39.1 Å². The van der Waals surface area contributed by atoms with Crippen LogP contribution in [0.2, 0.25) is 10.3 Å². The molecule has 2 rings (SSSR count). The topological polar surface area (TPSA) is 35.0 Å². The number of hydrogen-bond acceptors (Lipinski definition) is 3. The first-order valence-electron chi connectivity index (χ1n) is 4.38. The first-order chi connectivity index (χ1) is 8.06. The van der Waals surface area contributed by atoms with Crippen molar-refractivity contribution < 1.29 is 9.13 Å². The van der Waals surface area contributed by atoms with Crippen molar-refractivity contribution in [2.24, 2.45) is 0 Å². The number of halogens is 4. The Morgan fingerprint density at radius 3 is 2.65 bits per heavy atom. The lowest BCUT2D eigenvalue weighted by molar-refractivity contribution is 0.439. The second-order valence-corrected chi connectivity index (χ2v) is 4.66. The molecule has 0 N–H and O–H groups in total. The SMILES string of the molecule is Fc1ccc(Br)cc1Oc1cc(Cl)nnc1Cl. The largest absolute Gasteiger partial charge is 0.451 e. The van der Waals surface area contributed by atoms with E-state index in [1.807, 2.05) is 0 Å². The molecule has 7 heteroatoms. The molecule has 0 unspecified atom stereocenters. The smallest absolute Gasteiger partial charge is 0.194 e. The van der Waals surface area contributed by atoms with E-state index in [1.165, 1.54) is 18.2 Å². The number of benzene rings is 1. The summed E-state index contributed by atoms with van der Waals surface area (Å²) < 4.78 is 19.4. The summed E-state index contributed by atoms with van der Waals surface area (Å²) >= 11 is 14.6. The van der Waals surface area contributed by atoms with Crippen LogP contribution in [0.1, 0.15) is 0 Å². The van der Waals surface area contributed by atoms with Crippen molar-refractivity contribution in [2.45, 2.75) is 0 Å². The molecular weight excluding hydrogens is 334 g/mol. The number of nitrogens with zero attached hydrogens (tertiary/aromatic N) is 2. The Bertz CT molecular complexity index is 518. The first-order valence-corrected chi connectivity index (χ1v) is 5.93. The van der Waals surface area contributed by atoms with Gasteiger partial charge in [0, 0.05) is 10.5 Å². The van der Waals surface area contributed by atoms with Crippen LogP contribution < -0.4 is 4.74 Å². The van der Waals surface area contributed by atoms with Crippen LogP contribution in [0.25, 0.3) is 0 Å². The van der Waals surface area contributed by atoms with E-state index < -0.39 is 5.82 Å². The van der Waals surface area contributed by atoms with Gasteiger partial charge in [0.2, 0.25) is 0 Å². The Labute approximate surface area is 115 Å². The summed E-state index contributed by atoms with van der Waals surface area (Å²) in [6, 6.07) is 5.66. The zero-order valence-electron chi connectivity index (χ0n) is 8.12. The number of ether oxygens (including phenoxy) is 1. The Morgan fingerprint density at radius 1 is 1.12 bits per heavy atom. The summed E-state index contributed by atoms with van der Waals surface area (Å²) in [5.74, 6) is -0.355. The highest BCUT2D eigenvalue weighted by Crippen LogP contribution is 2.31. The van der Waals surface area contributed by atoms with E-state index in [0.29, 0.717) is 4.47 Å². The maximum Gasteiger partial charge on any atom is 0.194 e. The third-order valence-corrected chi connectivity index (χ3v) is 2.74. The van der Waals surface area contributed by atoms with Crippen molar-refractivity contribution in [2.75, 3.05) is 0 Å². The Balaban J connectivity index is 2.37. The fourth-order valence-corrected chi connectivity index (χ4v) is 1.69. The average molecular weight is 338 g/mol. The van der Waals surface area contributed by atoms with Crippen LogP contribution in [-0.4, -0.2) is 10.2 Å². The molecule has 0 saturated heterocycles. The number of rotatable bonds is 2. The molecule has 0 spiro atoms. The summed E-state index contributed by atoms with van der Waals surface area (Å²) in [5, 5.41) is 7.19. The van der Waals surface area contributed by atoms with Crippen LogP contribution in [0.4, 0.5) is 4.39 Å². The molecule has 0 radical (unpaired) electrons. The fraction of sp³-hybridized carbons (Fsp3) is 0. The van der Waals surface area contributed by atoms with Crippen LogP contribution >= 0.6 is 39.1 Å². The zero-order valence-corrected chi connectivity index (χ0v) is 11.2. The van der Waals surface area contributed by atoms with E-state index >= 15 is 0 Å². The first kappa shape index (κ1) is 12.5. The highest BCUT2D eigenvalue weighted by molar-refractivity contribution is 9.10. The van der Waals surface area contributed by atoms with Crippen LogP contribution in [0, 0.1) is 5.82 Å². The molecular formula is C10H4BrCl2FN2O. The van der Waals surface area contributed by atoms with Gasteiger partial charge >= 0.3 is 0 Å². The van der Waals surface area contributed by atoms with Crippen molar-refractivity contribution in [3.63, 3.8) is 0 Å². The summed E-state index contributed by atoms with van der Waals surface area (Å²) in [6.07, 6.45) is 0. The minimum Gasteiger partial charge on any atom is -0.451 e. The van der Waals surface area contributed by atoms with Gasteiger partial charge in [0.15, 0.2) is 27.6 Å². The lowest BCUT2D eigenvalue weighted by atomic mass is 10.3. The van der Waals surface area contributed by atoms with E-state index in [-0.39, 0.29) is 21.8 Å². The molecule has 3 nitrogen and oxygen atoms in total. The van der Waals surface area contributed by atoms with Crippen LogP contribution in [0.5, 0.6) is 11.5 Å². The van der Waals surface area contributed by atoms with Gasteiger partial charge in [-0.05, 0) is 18.2 Å². The summed E-state index contributed by atoms with van der Waals surface area (Å²) in [7, 11) is 0. The van der Waals surface area contributed by atoms with E-state index in [0.717, 1.165) is 0 Å². The van der Waals surface area contributed by atoms with E-state index in [9.17, 15) is 4.39 Å². The van der Waals surface area contributed by atoms with E-state index in [4.69, 9.17) is 27.9 Å². The van der Waals surface area contributed by atoms with Gasteiger partial charge in [-0.25, -0.2) is 4.39 Å². The lowest BCUT2D eigenvalue weighted by Gasteiger charge is -2.07. The van der Waals surface area contributed by atoms with Gasteiger partial charge in [0.1, 0.15) is 0 Å². The second kappa shape index (κ2) is 5.16. The molecule has 0 atom stereocenters. The molecule has 1 heterocycles. The quantitative estimate of drug-likeness (QED) is 0.810. The molecule has 0 aliphatic heterocycles. The Kier molecular flexibility index (Phi) is 3.81. The summed E-state index contributed by atoms with van der Waals surface area (Å²) in [4.78, 5) is 0. The van der Waals surface area contributed by atoms with Crippen molar-refractivity contribution in [3.8, 4) is 11.5 Å². The van der Waals surface area contributed by atoms with Gasteiger partial charge in [0.05, 0.1) is 0 Å². The molecule has 0 saturated carbocycles. The molecule has 1 aromatic carbocycles. The van der Waals surface area contributed by atoms with E-state index in [2.05, 4.69) is 26.1 Å². The molecule has 0 fully saturated rings. The van der Waals surface area contributed by atoms with Crippen molar-refractivity contribution in [1.82, 2.24) is 10.2 Å². The highest BCUT2D eigenvalue weighted by atomic mass is 79.9. The van der Waals surface area contributed by atoms with Crippen LogP contribution in [0.15, 0.2) is 28.7 Å². The zero-order chi connectivity index (χ0) is 12.4. The fourth-order valence-electron chi connectivity index (χ4n) is 1.08. The molecule has 88 valence electrons. The monoisotopic (exact) mass is 336 g/mol. The predicted molar refractivity (Wildman–Crippen MR) is 66.2 cm³/mol. The molecule has 17 heavy (non-hydrogen) atoms. The second-order valence-electron chi connectivity index (χ2n) is 3.00. The van der Waals surface area contributed by atoms with Gasteiger partial charge in [-0.2, -0.15) is 0 Å². The minimum absolute atomic E-state index is 0.00813. The molecule has 0 aliphatic carbocycles. The molecule has 1 aromatic heterocycles. The van der Waals surface area contributed by atoms with Crippen molar-refractivity contribution >= 4 is 39.1 Å². The Morgan fingerprint density at radius 2 is 1.88 bits per heavy atom. The maximum absolute atomic E-state index is 13.4. The van der Waals surface area contributed by atoms with Crippen molar-refractivity contribution in [1.29, 1.82) is 0 Å². The average Bonchev–Trinajstić information content (AvgIpc) is 2.28. The minimum atomic E-state index is -0.516. The predicted octanol–water partition coefficient (Wildman–Crippen LogP) is 4.48. The number of aromatic nitrogens is 2. The van der Waals surface area contributed by atoms with E-state index in [1.54, 1.807) is 6.07 Å². The summed E-state index contributed by atoms with van der Waals surface area (Å²) in [6.45, 7) is 0. The Hall–Kier alpha value is -0.910. The standard InChI is InChI=1S/C10H4BrCl2FN2O/c11-5-1-2-6(14)7(3-5)17-8-4-9(12)15-16-10(8)13/h1-4H. The third kappa shape index (κ3) is 3.06. The molecule has 2 aromatic rings. The molecule has 0 aliphatic rings.